The number of pyridine rings is 1. The van der Waals surface area contributed by atoms with Gasteiger partial charge in [-0.15, -0.1) is 0 Å². The molecule has 0 unspecified atom stereocenters. The number of aromatic nitrogens is 1. The SMILES string of the molecule is Cc1[nH]c2ccc(Cl)cc2c(=O)c1C(=O)/C=C/c1ccc(Cl)cc1. The molecule has 120 valence electrons. The van der Waals surface area contributed by atoms with Crippen molar-refractivity contribution in [1.29, 1.82) is 0 Å². The molecule has 0 amide bonds. The molecule has 0 atom stereocenters. The molecule has 0 fully saturated rings. The summed E-state index contributed by atoms with van der Waals surface area (Å²) in [6.07, 6.45) is 3.04. The predicted molar refractivity (Wildman–Crippen MR) is 99.1 cm³/mol. The topological polar surface area (TPSA) is 49.9 Å². The normalized spacial score (nSPS) is 11.3. The predicted octanol–water partition coefficient (Wildman–Crippen LogP) is 5.04. The van der Waals surface area contributed by atoms with Crippen LogP contribution in [-0.4, -0.2) is 10.8 Å². The number of carbonyl (C=O) groups is 1. The summed E-state index contributed by atoms with van der Waals surface area (Å²) in [6, 6.07) is 12.1. The molecule has 2 aromatic carbocycles. The Labute approximate surface area is 148 Å². The van der Waals surface area contributed by atoms with E-state index >= 15 is 0 Å². The van der Waals surface area contributed by atoms with E-state index in [9.17, 15) is 9.59 Å². The first-order chi connectivity index (χ1) is 11.5. The van der Waals surface area contributed by atoms with E-state index in [1.54, 1.807) is 55.5 Å². The van der Waals surface area contributed by atoms with Crippen molar-refractivity contribution in [2.45, 2.75) is 6.92 Å². The number of aryl methyl sites for hydroxylation is 1. The number of H-pyrrole nitrogens is 1. The molecule has 0 saturated carbocycles. The van der Waals surface area contributed by atoms with Gasteiger partial charge in [0.1, 0.15) is 0 Å². The average molecular weight is 358 g/mol. The van der Waals surface area contributed by atoms with E-state index in [0.29, 0.717) is 26.6 Å². The maximum atomic E-state index is 12.6. The Hall–Kier alpha value is -2.36. The van der Waals surface area contributed by atoms with Gasteiger partial charge in [0.15, 0.2) is 5.78 Å². The molecule has 1 heterocycles. The zero-order valence-corrected chi connectivity index (χ0v) is 14.3. The van der Waals surface area contributed by atoms with Crippen molar-refractivity contribution >= 4 is 46.0 Å². The monoisotopic (exact) mass is 357 g/mol. The third-order valence-electron chi connectivity index (χ3n) is 3.69. The lowest BCUT2D eigenvalue weighted by Gasteiger charge is -2.06. The summed E-state index contributed by atoms with van der Waals surface area (Å²) in [5.74, 6) is -0.356. The van der Waals surface area contributed by atoms with E-state index in [0.717, 1.165) is 5.56 Å². The number of nitrogens with one attached hydrogen (secondary N) is 1. The Bertz CT molecular complexity index is 1020. The molecule has 0 radical (unpaired) electrons. The summed E-state index contributed by atoms with van der Waals surface area (Å²) >= 11 is 11.8. The Morgan fingerprint density at radius 2 is 1.71 bits per heavy atom. The first kappa shape index (κ1) is 16.5. The van der Waals surface area contributed by atoms with Crippen molar-refractivity contribution in [3.8, 4) is 0 Å². The van der Waals surface area contributed by atoms with Crippen molar-refractivity contribution < 1.29 is 4.79 Å². The van der Waals surface area contributed by atoms with Gasteiger partial charge in [0.2, 0.25) is 5.43 Å². The summed E-state index contributed by atoms with van der Waals surface area (Å²) < 4.78 is 0. The van der Waals surface area contributed by atoms with Crippen LogP contribution in [0.1, 0.15) is 21.6 Å². The first-order valence-electron chi connectivity index (χ1n) is 7.26. The number of halogens is 2. The van der Waals surface area contributed by atoms with Gasteiger partial charge in [-0.25, -0.2) is 0 Å². The van der Waals surface area contributed by atoms with E-state index in [1.807, 2.05) is 0 Å². The quantitative estimate of drug-likeness (QED) is 0.527. The number of hydrogen-bond acceptors (Lipinski definition) is 2. The minimum absolute atomic E-state index is 0.120. The number of ketones is 1. The molecule has 0 bridgehead atoms. The Morgan fingerprint density at radius 1 is 1.04 bits per heavy atom. The van der Waals surface area contributed by atoms with Crippen LogP contribution in [0.3, 0.4) is 0 Å². The van der Waals surface area contributed by atoms with Crippen LogP contribution in [0.5, 0.6) is 0 Å². The maximum Gasteiger partial charge on any atom is 0.200 e. The van der Waals surface area contributed by atoms with Crippen LogP contribution in [0.25, 0.3) is 17.0 Å². The van der Waals surface area contributed by atoms with Gasteiger partial charge in [0, 0.05) is 26.6 Å². The van der Waals surface area contributed by atoms with Crippen LogP contribution < -0.4 is 5.43 Å². The molecule has 5 heteroatoms. The Kier molecular flexibility index (Phi) is 4.56. The van der Waals surface area contributed by atoms with Gasteiger partial charge in [-0.3, -0.25) is 9.59 Å². The van der Waals surface area contributed by atoms with Crippen molar-refractivity contribution in [2.24, 2.45) is 0 Å². The van der Waals surface area contributed by atoms with E-state index in [1.165, 1.54) is 6.08 Å². The summed E-state index contributed by atoms with van der Waals surface area (Å²) in [6.45, 7) is 1.71. The van der Waals surface area contributed by atoms with Crippen molar-refractivity contribution in [3.05, 3.63) is 85.6 Å². The average Bonchev–Trinajstić information content (AvgIpc) is 2.55. The highest BCUT2D eigenvalue weighted by atomic mass is 35.5. The van der Waals surface area contributed by atoms with Crippen LogP contribution in [0, 0.1) is 6.92 Å². The number of carbonyl (C=O) groups excluding carboxylic acids is 1. The second kappa shape index (κ2) is 6.63. The number of rotatable bonds is 3. The van der Waals surface area contributed by atoms with Crippen LogP contribution in [0.15, 0.2) is 53.3 Å². The minimum Gasteiger partial charge on any atom is -0.358 e. The fourth-order valence-corrected chi connectivity index (χ4v) is 2.81. The van der Waals surface area contributed by atoms with Gasteiger partial charge in [-0.05, 0) is 48.9 Å². The van der Waals surface area contributed by atoms with Gasteiger partial charge < -0.3 is 4.98 Å². The maximum absolute atomic E-state index is 12.6. The van der Waals surface area contributed by atoms with E-state index in [-0.39, 0.29) is 16.8 Å². The van der Waals surface area contributed by atoms with Crippen molar-refractivity contribution in [2.75, 3.05) is 0 Å². The molecule has 1 aromatic heterocycles. The molecular weight excluding hydrogens is 345 g/mol. The summed E-state index contributed by atoms with van der Waals surface area (Å²) in [4.78, 5) is 28.2. The number of benzene rings is 2. The number of fused-ring (bicyclic) bond motifs is 1. The molecule has 0 aliphatic heterocycles. The molecule has 0 aliphatic rings. The molecule has 3 aromatic rings. The van der Waals surface area contributed by atoms with Crippen molar-refractivity contribution in [1.82, 2.24) is 4.98 Å². The molecule has 0 saturated heterocycles. The summed E-state index contributed by atoms with van der Waals surface area (Å²) in [5, 5.41) is 1.47. The van der Waals surface area contributed by atoms with Crippen LogP contribution in [0.2, 0.25) is 10.0 Å². The highest BCUT2D eigenvalue weighted by Gasteiger charge is 2.14. The zero-order valence-electron chi connectivity index (χ0n) is 12.8. The number of hydrogen-bond donors (Lipinski definition) is 1. The summed E-state index contributed by atoms with van der Waals surface area (Å²) in [7, 11) is 0. The fraction of sp³-hybridized carbons (Fsp3) is 0.0526. The Balaban J connectivity index is 2.03. The van der Waals surface area contributed by atoms with Crippen LogP contribution in [0.4, 0.5) is 0 Å². The van der Waals surface area contributed by atoms with E-state index in [4.69, 9.17) is 23.2 Å². The van der Waals surface area contributed by atoms with Gasteiger partial charge >= 0.3 is 0 Å². The van der Waals surface area contributed by atoms with Crippen LogP contribution >= 0.6 is 23.2 Å². The lowest BCUT2D eigenvalue weighted by Crippen LogP contribution is -2.17. The lowest BCUT2D eigenvalue weighted by atomic mass is 10.0. The molecule has 3 nitrogen and oxygen atoms in total. The second-order valence-corrected chi connectivity index (χ2v) is 6.27. The highest BCUT2D eigenvalue weighted by Crippen LogP contribution is 2.17. The molecule has 0 spiro atoms. The molecule has 0 aliphatic carbocycles. The highest BCUT2D eigenvalue weighted by molar-refractivity contribution is 6.31. The first-order valence-corrected chi connectivity index (χ1v) is 8.01. The standard InChI is InChI=1S/C19H13Cl2NO2/c1-11-18(17(23)9-4-12-2-5-13(20)6-3-12)19(24)15-10-14(21)7-8-16(15)22-11/h2-10H,1H3,(H,22,24)/b9-4+. The molecule has 1 N–H and O–H groups in total. The third-order valence-corrected chi connectivity index (χ3v) is 4.18. The van der Waals surface area contributed by atoms with E-state index < -0.39 is 0 Å². The second-order valence-electron chi connectivity index (χ2n) is 5.39. The van der Waals surface area contributed by atoms with Crippen molar-refractivity contribution in [3.63, 3.8) is 0 Å². The minimum atomic E-state index is -0.356. The Morgan fingerprint density at radius 3 is 2.42 bits per heavy atom. The van der Waals surface area contributed by atoms with Gasteiger partial charge in [0.05, 0.1) is 5.56 Å². The van der Waals surface area contributed by atoms with Gasteiger partial charge in [-0.2, -0.15) is 0 Å². The smallest absolute Gasteiger partial charge is 0.200 e. The lowest BCUT2D eigenvalue weighted by molar-refractivity contribution is 0.104. The summed E-state index contributed by atoms with van der Waals surface area (Å²) in [5.41, 5.74) is 1.80. The zero-order chi connectivity index (χ0) is 17.3. The van der Waals surface area contributed by atoms with E-state index in [2.05, 4.69) is 4.98 Å². The fourth-order valence-electron chi connectivity index (χ4n) is 2.51. The van der Waals surface area contributed by atoms with Gasteiger partial charge in [0.25, 0.3) is 0 Å². The third kappa shape index (κ3) is 3.28. The number of allylic oxidation sites excluding steroid dienone is 1. The van der Waals surface area contributed by atoms with Gasteiger partial charge in [-0.1, -0.05) is 41.4 Å². The molecule has 3 rings (SSSR count). The largest absolute Gasteiger partial charge is 0.358 e. The number of aromatic amines is 1. The molecule has 24 heavy (non-hydrogen) atoms. The van der Waals surface area contributed by atoms with Crippen LogP contribution in [-0.2, 0) is 0 Å². The molecular formula is C19H13Cl2NO2.